The van der Waals surface area contributed by atoms with Gasteiger partial charge in [0.05, 0.1) is 24.0 Å². The standard InChI is InChI=1S/C15H23N3O3/c1-4-10(2)18-14(19)7-8-17-13-9-11(15(20)21-3)5-6-12(13)16/h5-6,9-10,17H,4,7-8,16H2,1-3H3,(H,18,19). The van der Waals surface area contributed by atoms with Crippen molar-refractivity contribution in [2.75, 3.05) is 24.7 Å². The highest BCUT2D eigenvalue weighted by Crippen LogP contribution is 2.20. The summed E-state index contributed by atoms with van der Waals surface area (Å²) < 4.78 is 4.66. The van der Waals surface area contributed by atoms with E-state index in [2.05, 4.69) is 15.4 Å². The van der Waals surface area contributed by atoms with Crippen LogP contribution in [0.25, 0.3) is 0 Å². The largest absolute Gasteiger partial charge is 0.465 e. The molecule has 0 fully saturated rings. The minimum absolute atomic E-state index is 0.0143. The zero-order valence-electron chi connectivity index (χ0n) is 12.7. The monoisotopic (exact) mass is 293 g/mol. The molecule has 6 heteroatoms. The SMILES string of the molecule is CCC(C)NC(=O)CCNc1cc(C(=O)OC)ccc1N. The summed E-state index contributed by atoms with van der Waals surface area (Å²) in [6.07, 6.45) is 1.24. The highest BCUT2D eigenvalue weighted by atomic mass is 16.5. The third kappa shape index (κ3) is 5.33. The smallest absolute Gasteiger partial charge is 0.337 e. The Morgan fingerprint density at radius 3 is 2.71 bits per heavy atom. The van der Waals surface area contributed by atoms with E-state index in [4.69, 9.17) is 5.73 Å². The number of amides is 1. The van der Waals surface area contributed by atoms with Gasteiger partial charge in [-0.1, -0.05) is 6.92 Å². The molecule has 0 heterocycles. The Morgan fingerprint density at radius 2 is 2.10 bits per heavy atom. The van der Waals surface area contributed by atoms with E-state index in [1.54, 1.807) is 18.2 Å². The number of esters is 1. The van der Waals surface area contributed by atoms with E-state index in [0.29, 0.717) is 29.9 Å². The van der Waals surface area contributed by atoms with Crippen molar-refractivity contribution in [1.29, 1.82) is 0 Å². The van der Waals surface area contributed by atoms with Crippen LogP contribution in [0.15, 0.2) is 18.2 Å². The van der Waals surface area contributed by atoms with Crippen molar-refractivity contribution >= 4 is 23.3 Å². The molecule has 0 bridgehead atoms. The molecule has 0 saturated carbocycles. The molecule has 21 heavy (non-hydrogen) atoms. The quantitative estimate of drug-likeness (QED) is 0.526. The van der Waals surface area contributed by atoms with Crippen LogP contribution in [-0.2, 0) is 9.53 Å². The normalized spacial score (nSPS) is 11.6. The molecule has 1 amide bonds. The minimum atomic E-state index is -0.424. The van der Waals surface area contributed by atoms with Gasteiger partial charge in [0.1, 0.15) is 0 Å². The summed E-state index contributed by atoms with van der Waals surface area (Å²) in [6, 6.07) is 5.02. The molecule has 1 aromatic rings. The van der Waals surface area contributed by atoms with Crippen LogP contribution >= 0.6 is 0 Å². The second kappa shape index (κ2) is 8.14. The molecule has 0 aliphatic carbocycles. The molecule has 1 unspecified atom stereocenters. The summed E-state index contributed by atoms with van der Waals surface area (Å²) in [5, 5.41) is 5.95. The molecular weight excluding hydrogens is 270 g/mol. The van der Waals surface area contributed by atoms with Crippen molar-refractivity contribution in [2.45, 2.75) is 32.7 Å². The van der Waals surface area contributed by atoms with Crippen LogP contribution in [0.4, 0.5) is 11.4 Å². The van der Waals surface area contributed by atoms with Gasteiger partial charge in [0.2, 0.25) is 5.91 Å². The number of carbonyl (C=O) groups excluding carboxylic acids is 2. The average molecular weight is 293 g/mol. The Labute approximate surface area is 125 Å². The predicted molar refractivity (Wildman–Crippen MR) is 83.2 cm³/mol. The predicted octanol–water partition coefficient (Wildman–Crippen LogP) is 1.77. The number of benzene rings is 1. The van der Waals surface area contributed by atoms with Gasteiger partial charge in [0.15, 0.2) is 0 Å². The summed E-state index contributed by atoms with van der Waals surface area (Å²) in [5.74, 6) is -0.438. The second-order valence-electron chi connectivity index (χ2n) is 4.85. The number of methoxy groups -OCH3 is 1. The number of nitrogens with one attached hydrogen (secondary N) is 2. The first-order valence-corrected chi connectivity index (χ1v) is 6.99. The molecule has 1 aromatic carbocycles. The summed E-state index contributed by atoms with van der Waals surface area (Å²) in [4.78, 5) is 23.1. The zero-order chi connectivity index (χ0) is 15.8. The van der Waals surface area contributed by atoms with Crippen molar-refractivity contribution in [3.8, 4) is 0 Å². The van der Waals surface area contributed by atoms with Gasteiger partial charge in [-0.05, 0) is 31.5 Å². The highest BCUT2D eigenvalue weighted by molar-refractivity contribution is 5.92. The molecule has 0 aliphatic heterocycles. The van der Waals surface area contributed by atoms with Crippen LogP contribution in [0.3, 0.4) is 0 Å². The zero-order valence-corrected chi connectivity index (χ0v) is 12.7. The van der Waals surface area contributed by atoms with Crippen molar-refractivity contribution in [1.82, 2.24) is 5.32 Å². The number of hydrogen-bond donors (Lipinski definition) is 3. The first-order valence-electron chi connectivity index (χ1n) is 6.99. The van der Waals surface area contributed by atoms with E-state index in [0.717, 1.165) is 6.42 Å². The van der Waals surface area contributed by atoms with Crippen molar-refractivity contribution in [3.63, 3.8) is 0 Å². The van der Waals surface area contributed by atoms with Crippen molar-refractivity contribution in [3.05, 3.63) is 23.8 Å². The van der Waals surface area contributed by atoms with Gasteiger partial charge < -0.3 is 21.1 Å². The van der Waals surface area contributed by atoms with Gasteiger partial charge in [-0.3, -0.25) is 4.79 Å². The first kappa shape index (κ1) is 16.8. The third-order valence-corrected chi connectivity index (χ3v) is 3.16. The number of nitrogen functional groups attached to an aromatic ring is 1. The molecule has 0 aromatic heterocycles. The number of hydrogen-bond acceptors (Lipinski definition) is 5. The summed E-state index contributed by atoms with van der Waals surface area (Å²) in [7, 11) is 1.32. The van der Waals surface area contributed by atoms with Crippen LogP contribution in [-0.4, -0.2) is 31.6 Å². The van der Waals surface area contributed by atoms with Crippen LogP contribution < -0.4 is 16.4 Å². The first-order chi connectivity index (χ1) is 9.97. The maximum absolute atomic E-state index is 11.7. The fourth-order valence-electron chi connectivity index (χ4n) is 1.71. The Bertz CT molecular complexity index is 503. The highest BCUT2D eigenvalue weighted by Gasteiger charge is 2.09. The molecule has 6 nitrogen and oxygen atoms in total. The van der Waals surface area contributed by atoms with Gasteiger partial charge in [0.25, 0.3) is 0 Å². The van der Waals surface area contributed by atoms with Crippen LogP contribution in [0, 0.1) is 0 Å². The lowest BCUT2D eigenvalue weighted by atomic mass is 10.1. The number of carbonyl (C=O) groups is 2. The number of anilines is 2. The summed E-state index contributed by atoms with van der Waals surface area (Å²) in [5.41, 5.74) is 7.39. The van der Waals surface area contributed by atoms with Gasteiger partial charge in [-0.2, -0.15) is 0 Å². The molecule has 1 rings (SSSR count). The minimum Gasteiger partial charge on any atom is -0.465 e. The lowest BCUT2D eigenvalue weighted by Gasteiger charge is -2.13. The fraction of sp³-hybridized carbons (Fsp3) is 0.467. The molecule has 4 N–H and O–H groups in total. The fourth-order valence-corrected chi connectivity index (χ4v) is 1.71. The van der Waals surface area contributed by atoms with Gasteiger partial charge in [0, 0.05) is 19.0 Å². The number of nitrogens with two attached hydrogens (primary N) is 1. The van der Waals surface area contributed by atoms with Crippen LogP contribution in [0.2, 0.25) is 0 Å². The Hall–Kier alpha value is -2.24. The van der Waals surface area contributed by atoms with E-state index >= 15 is 0 Å². The van der Waals surface area contributed by atoms with Crippen LogP contribution in [0.1, 0.15) is 37.0 Å². The van der Waals surface area contributed by atoms with Gasteiger partial charge in [-0.25, -0.2) is 4.79 Å². The van der Waals surface area contributed by atoms with E-state index in [1.165, 1.54) is 7.11 Å². The third-order valence-electron chi connectivity index (χ3n) is 3.16. The molecule has 1 atom stereocenters. The van der Waals surface area contributed by atoms with Crippen LogP contribution in [0.5, 0.6) is 0 Å². The maximum atomic E-state index is 11.7. The average Bonchev–Trinajstić information content (AvgIpc) is 2.48. The molecular formula is C15H23N3O3. The Morgan fingerprint density at radius 1 is 1.38 bits per heavy atom. The summed E-state index contributed by atoms with van der Waals surface area (Å²) >= 11 is 0. The number of ether oxygens (including phenoxy) is 1. The molecule has 0 aliphatic rings. The topological polar surface area (TPSA) is 93.5 Å². The maximum Gasteiger partial charge on any atom is 0.337 e. The summed E-state index contributed by atoms with van der Waals surface area (Å²) in [6.45, 7) is 4.42. The molecule has 0 spiro atoms. The van der Waals surface area contributed by atoms with Gasteiger partial charge >= 0.3 is 5.97 Å². The van der Waals surface area contributed by atoms with Gasteiger partial charge in [-0.15, -0.1) is 0 Å². The Kier molecular flexibility index (Phi) is 6.52. The lowest BCUT2D eigenvalue weighted by Crippen LogP contribution is -2.33. The molecule has 0 radical (unpaired) electrons. The van der Waals surface area contributed by atoms with E-state index in [9.17, 15) is 9.59 Å². The Balaban J connectivity index is 2.55. The van der Waals surface area contributed by atoms with E-state index in [-0.39, 0.29) is 11.9 Å². The molecule has 0 saturated heterocycles. The molecule has 116 valence electrons. The second-order valence-corrected chi connectivity index (χ2v) is 4.85. The van der Waals surface area contributed by atoms with E-state index < -0.39 is 5.97 Å². The van der Waals surface area contributed by atoms with E-state index in [1.807, 2.05) is 13.8 Å². The van der Waals surface area contributed by atoms with Crippen molar-refractivity contribution in [2.24, 2.45) is 0 Å². The van der Waals surface area contributed by atoms with Crippen molar-refractivity contribution < 1.29 is 14.3 Å². The lowest BCUT2D eigenvalue weighted by molar-refractivity contribution is -0.121. The number of rotatable bonds is 7.